The SMILES string of the molecule is CC1N(Cc2ccccc2)c2cc(NC(=O)c3ccccc3)c(C3C(=O)C(=c4cc5c(cc4NC(=O)c4ccccc4)=[N+](Cc4ccccc4)C(C)C5(C)C)C3=O)cc2C1(C)C. The molecule has 2 heterocycles. The van der Waals surface area contributed by atoms with Crippen molar-refractivity contribution in [2.75, 3.05) is 15.5 Å². The highest BCUT2D eigenvalue weighted by atomic mass is 16.2. The average Bonchev–Trinajstić information content (AvgIpc) is 3.57. The number of hydrogen-bond donors (Lipinski definition) is 2. The molecule has 6 aromatic carbocycles. The molecule has 9 rings (SSSR count). The second-order valence-electron chi connectivity index (χ2n) is 18.1. The molecule has 8 nitrogen and oxygen atoms in total. The lowest BCUT2D eigenvalue weighted by atomic mass is 9.69. The Morgan fingerprint density at radius 2 is 1.13 bits per heavy atom. The van der Waals surface area contributed by atoms with Gasteiger partial charge in [-0.25, -0.2) is 4.58 Å². The molecular formula is C54H51N4O4+. The molecule has 1 fully saturated rings. The van der Waals surface area contributed by atoms with E-state index in [-0.39, 0.29) is 51.9 Å². The van der Waals surface area contributed by atoms with E-state index < -0.39 is 5.92 Å². The molecule has 2 N–H and O–H groups in total. The largest absolute Gasteiger partial charge is 0.363 e. The number of nitrogens with zero attached hydrogens (tertiary/aromatic N) is 2. The Morgan fingerprint density at radius 3 is 1.69 bits per heavy atom. The summed E-state index contributed by atoms with van der Waals surface area (Å²) in [6.45, 7) is 14.4. The summed E-state index contributed by atoms with van der Waals surface area (Å²) in [5.41, 5.74) is 6.77. The summed E-state index contributed by atoms with van der Waals surface area (Å²) in [7, 11) is 0. The first-order valence-electron chi connectivity index (χ1n) is 21.4. The van der Waals surface area contributed by atoms with Gasteiger partial charge in [-0.2, -0.15) is 0 Å². The van der Waals surface area contributed by atoms with E-state index in [0.717, 1.165) is 33.3 Å². The standard InChI is InChI=1S/C54H50N4O4/c1-33-53(3,4)41-27-39(43(55-51(61)37-23-15-9-16-24-37)29-45(41)57(33)31-35-19-11-7-12-20-35)47-49(59)48(50(47)60)40-28-42-46(30-44(40)56-52(62)38-25-17-10-18-26-38)58(34(2)54(42,5)6)32-36-21-13-8-14-22-36/h7-30,33-34,47H,31-32H2,1-6H3,(H,55,61)/p+1. The molecule has 2 aliphatic heterocycles. The fraction of sp³-hybridized carbons (Fsp3) is 0.241. The third-order valence-corrected chi connectivity index (χ3v) is 13.9. The van der Waals surface area contributed by atoms with Gasteiger partial charge in [-0.1, -0.05) is 111 Å². The second kappa shape index (κ2) is 15.5. The Labute approximate surface area is 362 Å². The Kier molecular flexibility index (Phi) is 10.1. The van der Waals surface area contributed by atoms with E-state index >= 15 is 0 Å². The van der Waals surface area contributed by atoms with Gasteiger partial charge in [-0.05, 0) is 86.8 Å². The lowest BCUT2D eigenvalue weighted by molar-refractivity contribution is -0.129. The zero-order chi connectivity index (χ0) is 43.5. The van der Waals surface area contributed by atoms with Gasteiger partial charge in [-0.15, -0.1) is 0 Å². The molecule has 3 aliphatic rings. The summed E-state index contributed by atoms with van der Waals surface area (Å²) < 4.78 is 2.33. The highest BCUT2D eigenvalue weighted by Crippen LogP contribution is 2.50. The molecule has 0 aromatic heterocycles. The molecule has 0 spiro atoms. The van der Waals surface area contributed by atoms with Crippen molar-refractivity contribution in [3.05, 3.63) is 195 Å². The molecule has 0 radical (unpaired) electrons. The Balaban J connectivity index is 1.20. The van der Waals surface area contributed by atoms with E-state index in [9.17, 15) is 19.2 Å². The first-order valence-corrected chi connectivity index (χ1v) is 21.4. The number of fused-ring (bicyclic) bond motifs is 2. The number of rotatable bonds is 9. The highest BCUT2D eigenvalue weighted by Gasteiger charge is 2.51. The van der Waals surface area contributed by atoms with Gasteiger partial charge < -0.3 is 15.5 Å². The van der Waals surface area contributed by atoms with E-state index in [1.54, 1.807) is 48.5 Å². The smallest absolute Gasteiger partial charge is 0.255 e. The third-order valence-electron chi connectivity index (χ3n) is 13.9. The van der Waals surface area contributed by atoms with Crippen LogP contribution in [0.4, 0.5) is 17.1 Å². The van der Waals surface area contributed by atoms with Crippen molar-refractivity contribution in [2.45, 2.75) is 83.5 Å². The topological polar surface area (TPSA) is 98.6 Å². The van der Waals surface area contributed by atoms with Crippen LogP contribution in [0.1, 0.15) is 96.0 Å². The summed E-state index contributed by atoms with van der Waals surface area (Å²) in [5.74, 6) is -2.53. The van der Waals surface area contributed by atoms with Gasteiger partial charge in [0, 0.05) is 62.9 Å². The number of amides is 2. The molecule has 2 unspecified atom stereocenters. The first kappa shape index (κ1) is 40.5. The minimum atomic E-state index is -1.15. The molecule has 2 atom stereocenters. The quantitative estimate of drug-likeness (QED) is 0.113. The minimum absolute atomic E-state index is 0.0466. The van der Waals surface area contributed by atoms with Crippen LogP contribution in [0, 0.1) is 0 Å². The van der Waals surface area contributed by atoms with Gasteiger partial charge in [0.1, 0.15) is 5.92 Å². The Hall–Kier alpha value is -6.93. The van der Waals surface area contributed by atoms with Gasteiger partial charge in [-0.3, -0.25) is 19.2 Å². The van der Waals surface area contributed by atoms with Crippen LogP contribution in [0.15, 0.2) is 146 Å². The minimum Gasteiger partial charge on any atom is -0.363 e. The fourth-order valence-electron chi connectivity index (χ4n) is 9.58. The number of ketones is 2. The summed E-state index contributed by atoms with van der Waals surface area (Å²) >= 11 is 0. The molecular weight excluding hydrogens is 769 g/mol. The van der Waals surface area contributed by atoms with Crippen molar-refractivity contribution in [1.82, 2.24) is 4.58 Å². The molecule has 2 amide bonds. The normalized spacial score (nSPS) is 19.5. The maximum atomic E-state index is 14.9. The summed E-state index contributed by atoms with van der Waals surface area (Å²) in [6.07, 6.45) is 0. The lowest BCUT2D eigenvalue weighted by Crippen LogP contribution is -2.43. The first-order chi connectivity index (χ1) is 29.8. The lowest BCUT2D eigenvalue weighted by Gasteiger charge is -2.31. The van der Waals surface area contributed by atoms with Crippen molar-refractivity contribution in [3.8, 4) is 0 Å². The summed E-state index contributed by atoms with van der Waals surface area (Å²) in [5, 5.41) is 7.56. The van der Waals surface area contributed by atoms with Gasteiger partial charge in [0.15, 0.2) is 24.2 Å². The van der Waals surface area contributed by atoms with Crippen molar-refractivity contribution in [2.24, 2.45) is 0 Å². The van der Waals surface area contributed by atoms with Crippen LogP contribution in [-0.2, 0) is 33.5 Å². The number of carbonyl (C=O) groups is 4. The third kappa shape index (κ3) is 6.84. The Morgan fingerprint density at radius 1 is 0.613 bits per heavy atom. The van der Waals surface area contributed by atoms with E-state index in [0.29, 0.717) is 46.4 Å². The number of carbonyl (C=O) groups excluding carboxylic acids is 4. The maximum Gasteiger partial charge on any atom is 0.255 e. The van der Waals surface area contributed by atoms with E-state index in [1.165, 1.54) is 0 Å². The monoisotopic (exact) mass is 819 g/mol. The van der Waals surface area contributed by atoms with Crippen molar-refractivity contribution in [3.63, 3.8) is 0 Å². The van der Waals surface area contributed by atoms with Gasteiger partial charge in [0.05, 0.1) is 16.7 Å². The Bertz CT molecular complexity index is 2890. The zero-order valence-corrected chi connectivity index (χ0v) is 36.0. The predicted octanol–water partition coefficient (Wildman–Crippen LogP) is 8.33. The predicted molar refractivity (Wildman–Crippen MR) is 246 cm³/mol. The van der Waals surface area contributed by atoms with Crippen LogP contribution in [0.25, 0.3) is 5.57 Å². The van der Waals surface area contributed by atoms with Gasteiger partial charge in [0.2, 0.25) is 5.36 Å². The van der Waals surface area contributed by atoms with Crippen LogP contribution in [0.2, 0.25) is 0 Å². The molecule has 62 heavy (non-hydrogen) atoms. The number of hydrogen-bond acceptors (Lipinski definition) is 5. The zero-order valence-electron chi connectivity index (χ0n) is 36.0. The molecule has 1 saturated carbocycles. The fourth-order valence-corrected chi connectivity index (χ4v) is 9.58. The van der Waals surface area contributed by atoms with Crippen molar-refractivity contribution < 1.29 is 19.2 Å². The molecule has 0 bridgehead atoms. The van der Waals surface area contributed by atoms with Crippen LogP contribution >= 0.6 is 0 Å². The van der Waals surface area contributed by atoms with Gasteiger partial charge in [0.25, 0.3) is 11.8 Å². The molecule has 8 heteroatoms. The average molecular weight is 820 g/mol. The second-order valence-corrected chi connectivity index (χ2v) is 18.1. The molecule has 310 valence electrons. The van der Waals surface area contributed by atoms with Crippen LogP contribution in [0.5, 0.6) is 0 Å². The number of nitrogens with one attached hydrogen (secondary N) is 2. The number of Topliss-reactive ketones (excluding diaryl/α,β-unsaturated/α-hetero) is 2. The number of anilines is 3. The van der Waals surface area contributed by atoms with Crippen LogP contribution in [0.3, 0.4) is 0 Å². The summed E-state index contributed by atoms with van der Waals surface area (Å²) in [4.78, 5) is 60.0. The molecule has 0 saturated heterocycles. The van der Waals surface area contributed by atoms with Crippen molar-refractivity contribution in [1.29, 1.82) is 0 Å². The van der Waals surface area contributed by atoms with E-state index in [4.69, 9.17) is 0 Å². The van der Waals surface area contributed by atoms with Crippen molar-refractivity contribution >= 4 is 46.0 Å². The van der Waals surface area contributed by atoms with E-state index in [1.807, 2.05) is 72.8 Å². The molecule has 1 aliphatic carbocycles. The summed E-state index contributed by atoms with van der Waals surface area (Å²) in [6, 6.07) is 46.3. The highest BCUT2D eigenvalue weighted by molar-refractivity contribution is 6.59. The van der Waals surface area contributed by atoms with Crippen LogP contribution < -0.4 is 30.7 Å². The molecule has 6 aromatic rings. The van der Waals surface area contributed by atoms with E-state index in [2.05, 4.69) is 85.9 Å². The van der Waals surface area contributed by atoms with Crippen LogP contribution in [-0.4, -0.2) is 35.5 Å². The maximum absolute atomic E-state index is 14.9. The number of benzene rings is 6. The van der Waals surface area contributed by atoms with Gasteiger partial charge >= 0.3 is 0 Å².